The zero-order valence-electron chi connectivity index (χ0n) is 9.59. The Labute approximate surface area is 105 Å². The van der Waals surface area contributed by atoms with Gasteiger partial charge in [-0.05, 0) is 37.2 Å². The minimum atomic E-state index is -0.429. The Morgan fingerprint density at radius 2 is 1.94 bits per heavy atom. The summed E-state index contributed by atoms with van der Waals surface area (Å²) in [5.41, 5.74) is 5.85. The molecule has 0 spiro atoms. The number of hydrogen-bond donors (Lipinski definition) is 2. The second-order valence-corrected chi connectivity index (χ2v) is 5.30. The van der Waals surface area contributed by atoms with Crippen LogP contribution in [0.2, 0.25) is 0 Å². The SMILES string of the molecule is CC(C)(CCN)C(=O)Nc1ccc(Br)cc1. The van der Waals surface area contributed by atoms with Crippen LogP contribution in [0.3, 0.4) is 0 Å². The van der Waals surface area contributed by atoms with Gasteiger partial charge in [-0.15, -0.1) is 0 Å². The van der Waals surface area contributed by atoms with Crippen LogP contribution in [0.4, 0.5) is 5.69 Å². The molecule has 1 rings (SSSR count). The summed E-state index contributed by atoms with van der Waals surface area (Å²) in [6.45, 7) is 4.31. The first-order valence-corrected chi connectivity index (χ1v) is 6.02. The molecule has 16 heavy (non-hydrogen) atoms. The van der Waals surface area contributed by atoms with Crippen LogP contribution in [0.25, 0.3) is 0 Å². The van der Waals surface area contributed by atoms with Gasteiger partial charge in [0.15, 0.2) is 0 Å². The van der Waals surface area contributed by atoms with Gasteiger partial charge < -0.3 is 11.1 Å². The number of amides is 1. The first kappa shape index (κ1) is 13.2. The smallest absolute Gasteiger partial charge is 0.230 e. The second kappa shape index (κ2) is 5.46. The fraction of sp³-hybridized carbons (Fsp3) is 0.417. The molecule has 1 amide bonds. The lowest BCUT2D eigenvalue weighted by atomic mass is 9.88. The number of carbonyl (C=O) groups is 1. The van der Waals surface area contributed by atoms with E-state index in [4.69, 9.17) is 5.73 Å². The summed E-state index contributed by atoms with van der Waals surface area (Å²) in [5.74, 6) is 0.000252. The molecule has 0 bridgehead atoms. The Morgan fingerprint density at radius 3 is 2.44 bits per heavy atom. The van der Waals surface area contributed by atoms with Gasteiger partial charge in [-0.3, -0.25) is 4.79 Å². The van der Waals surface area contributed by atoms with Crippen LogP contribution in [-0.4, -0.2) is 12.5 Å². The van der Waals surface area contributed by atoms with Gasteiger partial charge in [-0.2, -0.15) is 0 Å². The molecule has 4 heteroatoms. The van der Waals surface area contributed by atoms with Crippen molar-refractivity contribution < 1.29 is 4.79 Å². The normalized spacial score (nSPS) is 11.2. The van der Waals surface area contributed by atoms with Crippen molar-refractivity contribution in [1.82, 2.24) is 0 Å². The number of benzene rings is 1. The highest BCUT2D eigenvalue weighted by Gasteiger charge is 2.26. The summed E-state index contributed by atoms with van der Waals surface area (Å²) in [7, 11) is 0. The van der Waals surface area contributed by atoms with Gasteiger partial charge in [-0.1, -0.05) is 29.8 Å². The molecule has 0 atom stereocenters. The van der Waals surface area contributed by atoms with Crippen LogP contribution >= 0.6 is 15.9 Å². The van der Waals surface area contributed by atoms with Crippen LogP contribution < -0.4 is 11.1 Å². The average molecular weight is 285 g/mol. The molecule has 0 radical (unpaired) electrons. The minimum Gasteiger partial charge on any atom is -0.330 e. The number of nitrogens with two attached hydrogens (primary N) is 1. The maximum atomic E-state index is 11.9. The standard InChI is InChI=1S/C12H17BrN2O/c1-12(2,7-8-14)11(16)15-10-5-3-9(13)4-6-10/h3-6H,7-8,14H2,1-2H3,(H,15,16). The molecule has 0 saturated heterocycles. The van der Waals surface area contributed by atoms with E-state index in [0.29, 0.717) is 13.0 Å². The molecule has 1 aromatic carbocycles. The molecule has 0 aliphatic carbocycles. The second-order valence-electron chi connectivity index (χ2n) is 4.38. The van der Waals surface area contributed by atoms with Gasteiger partial charge in [0.05, 0.1) is 0 Å². The third-order valence-electron chi connectivity index (χ3n) is 2.49. The van der Waals surface area contributed by atoms with Crippen LogP contribution in [0.15, 0.2) is 28.7 Å². The summed E-state index contributed by atoms with van der Waals surface area (Å²) in [4.78, 5) is 11.9. The van der Waals surface area contributed by atoms with Gasteiger partial charge in [0.2, 0.25) is 5.91 Å². The Morgan fingerprint density at radius 1 is 1.38 bits per heavy atom. The molecule has 0 fully saturated rings. The van der Waals surface area contributed by atoms with Crippen molar-refractivity contribution >= 4 is 27.5 Å². The Hall–Kier alpha value is -0.870. The van der Waals surface area contributed by atoms with Crippen LogP contribution in [0.5, 0.6) is 0 Å². The van der Waals surface area contributed by atoms with Gasteiger partial charge in [0, 0.05) is 15.6 Å². The fourth-order valence-corrected chi connectivity index (χ4v) is 1.57. The molecule has 1 aromatic rings. The number of anilines is 1. The topological polar surface area (TPSA) is 55.1 Å². The lowest BCUT2D eigenvalue weighted by Gasteiger charge is -2.22. The molecule has 88 valence electrons. The summed E-state index contributed by atoms with van der Waals surface area (Å²) in [6.07, 6.45) is 0.676. The van der Waals surface area contributed by atoms with E-state index in [1.54, 1.807) is 0 Å². The van der Waals surface area contributed by atoms with E-state index in [1.807, 2.05) is 38.1 Å². The number of nitrogens with one attached hydrogen (secondary N) is 1. The van der Waals surface area contributed by atoms with Crippen molar-refractivity contribution in [2.24, 2.45) is 11.1 Å². The van der Waals surface area contributed by atoms with Gasteiger partial charge in [-0.25, -0.2) is 0 Å². The van der Waals surface area contributed by atoms with E-state index in [-0.39, 0.29) is 5.91 Å². The van der Waals surface area contributed by atoms with Gasteiger partial charge >= 0.3 is 0 Å². The third-order valence-corrected chi connectivity index (χ3v) is 3.01. The summed E-state index contributed by atoms with van der Waals surface area (Å²) < 4.78 is 0.992. The summed E-state index contributed by atoms with van der Waals surface area (Å²) >= 11 is 3.35. The lowest BCUT2D eigenvalue weighted by molar-refractivity contribution is -0.124. The monoisotopic (exact) mass is 284 g/mol. The number of hydrogen-bond acceptors (Lipinski definition) is 2. The van der Waals surface area contributed by atoms with Gasteiger partial charge in [0.25, 0.3) is 0 Å². The van der Waals surface area contributed by atoms with E-state index < -0.39 is 5.41 Å². The quantitative estimate of drug-likeness (QED) is 0.893. The molecule has 0 saturated carbocycles. The molecule has 0 aliphatic heterocycles. The predicted molar refractivity (Wildman–Crippen MR) is 70.2 cm³/mol. The molecule has 3 nitrogen and oxygen atoms in total. The van der Waals surface area contributed by atoms with Crippen molar-refractivity contribution in [3.8, 4) is 0 Å². The van der Waals surface area contributed by atoms with E-state index in [9.17, 15) is 4.79 Å². The Kier molecular flexibility index (Phi) is 4.50. The van der Waals surface area contributed by atoms with E-state index >= 15 is 0 Å². The Bertz CT molecular complexity index is 360. The van der Waals surface area contributed by atoms with Crippen molar-refractivity contribution in [3.63, 3.8) is 0 Å². The fourth-order valence-electron chi connectivity index (χ4n) is 1.31. The first-order valence-electron chi connectivity index (χ1n) is 5.23. The number of halogens is 1. The molecular formula is C12H17BrN2O. The van der Waals surface area contributed by atoms with Crippen molar-refractivity contribution in [2.45, 2.75) is 20.3 Å². The third kappa shape index (κ3) is 3.61. The first-order chi connectivity index (χ1) is 7.45. The average Bonchev–Trinajstić information content (AvgIpc) is 2.21. The van der Waals surface area contributed by atoms with E-state index in [2.05, 4.69) is 21.2 Å². The zero-order valence-corrected chi connectivity index (χ0v) is 11.2. The maximum absolute atomic E-state index is 11.9. The predicted octanol–water partition coefficient (Wildman–Crippen LogP) is 2.76. The molecule has 0 heterocycles. The maximum Gasteiger partial charge on any atom is 0.230 e. The highest BCUT2D eigenvalue weighted by atomic mass is 79.9. The molecule has 0 unspecified atom stereocenters. The summed E-state index contributed by atoms with van der Waals surface area (Å²) in [6, 6.07) is 7.51. The van der Waals surface area contributed by atoms with E-state index in [0.717, 1.165) is 10.2 Å². The molecule has 0 aromatic heterocycles. The number of carbonyl (C=O) groups excluding carboxylic acids is 1. The molecule has 3 N–H and O–H groups in total. The lowest BCUT2D eigenvalue weighted by Crippen LogP contribution is -2.32. The molecular weight excluding hydrogens is 268 g/mol. The summed E-state index contributed by atoms with van der Waals surface area (Å²) in [5, 5.41) is 2.88. The van der Waals surface area contributed by atoms with Crippen molar-refractivity contribution in [1.29, 1.82) is 0 Å². The largest absolute Gasteiger partial charge is 0.330 e. The number of rotatable bonds is 4. The van der Waals surface area contributed by atoms with Crippen LogP contribution in [0.1, 0.15) is 20.3 Å². The van der Waals surface area contributed by atoms with Crippen molar-refractivity contribution in [2.75, 3.05) is 11.9 Å². The molecule has 0 aliphatic rings. The zero-order chi connectivity index (χ0) is 12.2. The highest BCUT2D eigenvalue weighted by molar-refractivity contribution is 9.10. The van der Waals surface area contributed by atoms with Crippen LogP contribution in [0, 0.1) is 5.41 Å². The van der Waals surface area contributed by atoms with Crippen LogP contribution in [-0.2, 0) is 4.79 Å². The minimum absolute atomic E-state index is 0.000252. The Balaban J connectivity index is 2.67. The van der Waals surface area contributed by atoms with Crippen molar-refractivity contribution in [3.05, 3.63) is 28.7 Å². The van der Waals surface area contributed by atoms with Gasteiger partial charge in [0.1, 0.15) is 0 Å². The highest BCUT2D eigenvalue weighted by Crippen LogP contribution is 2.22. The van der Waals surface area contributed by atoms with E-state index in [1.165, 1.54) is 0 Å².